The van der Waals surface area contributed by atoms with Gasteiger partial charge in [0.15, 0.2) is 0 Å². The van der Waals surface area contributed by atoms with Gasteiger partial charge in [-0.15, -0.1) is 0 Å². The molecule has 0 bridgehead atoms. The Balaban J connectivity index is 1.72. The minimum atomic E-state index is -0.00584. The third-order valence-corrected chi connectivity index (χ3v) is 5.71. The van der Waals surface area contributed by atoms with E-state index < -0.39 is 0 Å². The predicted octanol–water partition coefficient (Wildman–Crippen LogP) is 1.64. The first-order valence-electron chi connectivity index (χ1n) is 9.88. The van der Waals surface area contributed by atoms with Crippen LogP contribution in [0.3, 0.4) is 0 Å². The maximum Gasteiger partial charge on any atom is 0.237 e. The lowest BCUT2D eigenvalue weighted by Gasteiger charge is -2.44. The minimum Gasteiger partial charge on any atom is -0.354 e. The molecule has 5 nitrogen and oxygen atoms in total. The fraction of sp³-hybridized carbons (Fsp3) is 0.947. The summed E-state index contributed by atoms with van der Waals surface area (Å²) in [5.41, 5.74) is 0. The molecule has 0 aromatic rings. The molecule has 1 atom stereocenters. The number of amides is 1. The first-order valence-corrected chi connectivity index (χ1v) is 9.88. The van der Waals surface area contributed by atoms with Crippen LogP contribution in [0, 0.1) is 5.92 Å². The van der Waals surface area contributed by atoms with E-state index in [4.69, 9.17) is 0 Å². The summed E-state index contributed by atoms with van der Waals surface area (Å²) >= 11 is 0. The summed E-state index contributed by atoms with van der Waals surface area (Å²) < 4.78 is 0. The highest BCUT2D eigenvalue weighted by molar-refractivity contribution is 5.81. The first kappa shape index (κ1) is 19.7. The van der Waals surface area contributed by atoms with Gasteiger partial charge in [-0.05, 0) is 52.6 Å². The highest BCUT2D eigenvalue weighted by atomic mass is 16.2. The van der Waals surface area contributed by atoms with Crippen LogP contribution in [0.2, 0.25) is 0 Å². The molecule has 0 spiro atoms. The molecule has 24 heavy (non-hydrogen) atoms. The molecule has 2 fully saturated rings. The van der Waals surface area contributed by atoms with Gasteiger partial charge in [-0.25, -0.2) is 0 Å². The quantitative estimate of drug-likeness (QED) is 0.799. The SMILES string of the molecule is CC(C)CNC(=O)C(C)N1CCN(C2CCN(C(C)C)CC2)CC1. The zero-order chi connectivity index (χ0) is 17.7. The van der Waals surface area contributed by atoms with Crippen molar-refractivity contribution in [2.75, 3.05) is 45.8 Å². The Hall–Kier alpha value is -0.650. The third kappa shape index (κ3) is 5.43. The number of carbonyl (C=O) groups excluding carboxylic acids is 1. The predicted molar refractivity (Wildman–Crippen MR) is 100 cm³/mol. The van der Waals surface area contributed by atoms with Crippen LogP contribution in [0.5, 0.6) is 0 Å². The fourth-order valence-electron chi connectivity index (χ4n) is 3.88. The van der Waals surface area contributed by atoms with Gasteiger partial charge in [-0.3, -0.25) is 14.6 Å². The van der Waals surface area contributed by atoms with Crippen molar-refractivity contribution in [2.24, 2.45) is 5.92 Å². The van der Waals surface area contributed by atoms with E-state index >= 15 is 0 Å². The topological polar surface area (TPSA) is 38.8 Å². The second kappa shape index (κ2) is 9.16. The number of piperidine rings is 1. The lowest BCUT2D eigenvalue weighted by atomic mass is 10.0. The highest BCUT2D eigenvalue weighted by Crippen LogP contribution is 2.20. The van der Waals surface area contributed by atoms with Gasteiger partial charge in [0.2, 0.25) is 5.91 Å². The van der Waals surface area contributed by atoms with Crippen molar-refractivity contribution < 1.29 is 4.79 Å². The Morgan fingerprint density at radius 3 is 2.00 bits per heavy atom. The number of piperazine rings is 1. The Bertz CT molecular complexity index is 383. The number of nitrogens with zero attached hydrogens (tertiary/aromatic N) is 3. The first-order chi connectivity index (χ1) is 11.4. The number of nitrogens with one attached hydrogen (secondary N) is 1. The van der Waals surface area contributed by atoms with Crippen molar-refractivity contribution in [3.8, 4) is 0 Å². The zero-order valence-corrected chi connectivity index (χ0v) is 16.4. The lowest BCUT2D eigenvalue weighted by molar-refractivity contribution is -0.126. The van der Waals surface area contributed by atoms with E-state index in [0.29, 0.717) is 12.0 Å². The average molecular weight is 339 g/mol. The molecule has 1 unspecified atom stereocenters. The van der Waals surface area contributed by atoms with E-state index in [2.05, 4.69) is 47.7 Å². The number of hydrogen-bond donors (Lipinski definition) is 1. The Morgan fingerprint density at radius 1 is 0.917 bits per heavy atom. The molecule has 140 valence electrons. The van der Waals surface area contributed by atoms with E-state index in [9.17, 15) is 4.79 Å². The van der Waals surface area contributed by atoms with E-state index in [1.807, 2.05) is 6.92 Å². The van der Waals surface area contributed by atoms with Crippen molar-refractivity contribution in [3.63, 3.8) is 0 Å². The number of likely N-dealkylation sites (tertiary alicyclic amines) is 1. The van der Waals surface area contributed by atoms with Gasteiger partial charge in [0.1, 0.15) is 0 Å². The van der Waals surface area contributed by atoms with E-state index in [-0.39, 0.29) is 11.9 Å². The Labute approximate surface area is 148 Å². The molecule has 5 heteroatoms. The molecule has 1 N–H and O–H groups in total. The van der Waals surface area contributed by atoms with E-state index in [1.54, 1.807) is 0 Å². The molecular weight excluding hydrogens is 300 g/mol. The van der Waals surface area contributed by atoms with Crippen LogP contribution in [-0.4, -0.2) is 84.5 Å². The van der Waals surface area contributed by atoms with Gasteiger partial charge in [0.05, 0.1) is 6.04 Å². The number of rotatable bonds is 6. The van der Waals surface area contributed by atoms with E-state index in [0.717, 1.165) is 38.8 Å². The number of hydrogen-bond acceptors (Lipinski definition) is 4. The molecule has 0 aromatic heterocycles. The summed E-state index contributed by atoms with van der Waals surface area (Å²) in [5, 5.41) is 3.07. The standard InChI is InChI=1S/C19H38N4O/c1-15(2)14-20-19(24)17(5)22-10-12-23(13-11-22)18-6-8-21(9-7-18)16(3)4/h15-18H,6-14H2,1-5H3,(H,20,24). The Kier molecular flexibility index (Phi) is 7.51. The summed E-state index contributed by atoms with van der Waals surface area (Å²) in [4.78, 5) is 19.9. The molecule has 0 radical (unpaired) electrons. The van der Waals surface area contributed by atoms with Crippen LogP contribution in [0.15, 0.2) is 0 Å². The molecule has 1 amide bonds. The second-order valence-corrected chi connectivity index (χ2v) is 8.25. The highest BCUT2D eigenvalue weighted by Gasteiger charge is 2.30. The maximum atomic E-state index is 12.3. The fourth-order valence-corrected chi connectivity index (χ4v) is 3.88. The minimum absolute atomic E-state index is 0.00584. The van der Waals surface area contributed by atoms with Crippen molar-refractivity contribution in [1.82, 2.24) is 20.0 Å². The van der Waals surface area contributed by atoms with Crippen LogP contribution in [-0.2, 0) is 4.79 Å². The van der Waals surface area contributed by atoms with E-state index in [1.165, 1.54) is 25.9 Å². The molecular formula is C19H38N4O. The van der Waals surface area contributed by atoms with Crippen molar-refractivity contribution in [1.29, 1.82) is 0 Å². The van der Waals surface area contributed by atoms with Gasteiger partial charge >= 0.3 is 0 Å². The molecule has 0 aromatic carbocycles. The third-order valence-electron chi connectivity index (χ3n) is 5.71. The monoisotopic (exact) mass is 338 g/mol. The van der Waals surface area contributed by atoms with Crippen molar-refractivity contribution >= 4 is 5.91 Å². The van der Waals surface area contributed by atoms with Crippen LogP contribution in [0.25, 0.3) is 0 Å². The zero-order valence-electron chi connectivity index (χ0n) is 16.4. The largest absolute Gasteiger partial charge is 0.354 e. The summed E-state index contributed by atoms with van der Waals surface area (Å²) in [7, 11) is 0. The van der Waals surface area contributed by atoms with Crippen molar-refractivity contribution in [2.45, 2.75) is 65.6 Å². The van der Waals surface area contributed by atoms with Crippen LogP contribution < -0.4 is 5.32 Å². The second-order valence-electron chi connectivity index (χ2n) is 8.25. The van der Waals surface area contributed by atoms with Gasteiger partial charge in [0, 0.05) is 44.8 Å². The summed E-state index contributed by atoms with van der Waals surface area (Å²) in [6.07, 6.45) is 2.59. The van der Waals surface area contributed by atoms with Crippen LogP contribution in [0.4, 0.5) is 0 Å². The summed E-state index contributed by atoms with van der Waals surface area (Å²) in [6, 6.07) is 1.41. The van der Waals surface area contributed by atoms with Crippen LogP contribution in [0.1, 0.15) is 47.5 Å². The molecule has 2 rings (SSSR count). The molecule has 2 aliphatic rings. The van der Waals surface area contributed by atoms with Gasteiger partial charge in [-0.2, -0.15) is 0 Å². The van der Waals surface area contributed by atoms with Crippen LogP contribution >= 0.6 is 0 Å². The molecule has 0 aliphatic carbocycles. The summed E-state index contributed by atoms with van der Waals surface area (Å²) in [5.74, 6) is 0.692. The van der Waals surface area contributed by atoms with Crippen molar-refractivity contribution in [3.05, 3.63) is 0 Å². The van der Waals surface area contributed by atoms with Gasteiger partial charge in [-0.1, -0.05) is 13.8 Å². The molecule has 2 heterocycles. The summed E-state index contributed by atoms with van der Waals surface area (Å²) in [6.45, 7) is 18.4. The molecule has 2 saturated heterocycles. The Morgan fingerprint density at radius 2 is 1.50 bits per heavy atom. The van der Waals surface area contributed by atoms with Gasteiger partial charge in [0.25, 0.3) is 0 Å². The average Bonchev–Trinajstić information content (AvgIpc) is 2.59. The molecule has 0 saturated carbocycles. The maximum absolute atomic E-state index is 12.3. The van der Waals surface area contributed by atoms with Gasteiger partial charge < -0.3 is 10.2 Å². The normalized spacial score (nSPS) is 23.8. The molecule has 2 aliphatic heterocycles. The smallest absolute Gasteiger partial charge is 0.237 e. The number of carbonyl (C=O) groups is 1. The lowest BCUT2D eigenvalue weighted by Crippen LogP contribution is -2.57.